The van der Waals surface area contributed by atoms with Gasteiger partial charge in [-0.2, -0.15) is 4.57 Å². The number of amides is 1. The van der Waals surface area contributed by atoms with Crippen LogP contribution in [0, 0.1) is 0 Å². The van der Waals surface area contributed by atoms with Gasteiger partial charge in [-0.3, -0.25) is 4.79 Å². The fourth-order valence-corrected chi connectivity index (χ4v) is 4.11. The summed E-state index contributed by atoms with van der Waals surface area (Å²) in [7, 11) is 2.01. The molecule has 1 amide bonds. The zero-order chi connectivity index (χ0) is 21.3. The molecule has 2 N–H and O–H groups in total. The van der Waals surface area contributed by atoms with Gasteiger partial charge < -0.3 is 15.3 Å². The van der Waals surface area contributed by atoms with Crippen molar-refractivity contribution >= 4 is 44.9 Å². The molecule has 0 spiro atoms. The van der Waals surface area contributed by atoms with Crippen molar-refractivity contribution in [3.8, 4) is 0 Å². The van der Waals surface area contributed by atoms with E-state index in [2.05, 4.69) is 26.9 Å². The van der Waals surface area contributed by atoms with Crippen LogP contribution in [0.2, 0.25) is 0 Å². The predicted molar refractivity (Wildman–Crippen MR) is 126 cm³/mol. The number of carbonyl (C=O) groups is 1. The minimum Gasteiger partial charge on any atom is -0.390 e. The van der Waals surface area contributed by atoms with Gasteiger partial charge >= 0.3 is 0 Å². The number of nitrogens with zero attached hydrogens (tertiary/aromatic N) is 2. The summed E-state index contributed by atoms with van der Waals surface area (Å²) in [5.41, 5.74) is 2.88. The fraction of sp³-hybridized carbons (Fsp3) is 0.167. The summed E-state index contributed by atoms with van der Waals surface area (Å²) in [6, 6.07) is 16.0. The zero-order valence-electron chi connectivity index (χ0n) is 17.2. The number of thiazole rings is 1. The molecule has 0 atom stereocenters. The summed E-state index contributed by atoms with van der Waals surface area (Å²) in [6.07, 6.45) is 12.0. The van der Waals surface area contributed by atoms with Gasteiger partial charge in [-0.25, -0.2) is 0 Å². The lowest BCUT2D eigenvalue weighted by Crippen LogP contribution is -2.36. The van der Waals surface area contributed by atoms with Crippen LogP contribution in [0.1, 0.15) is 11.9 Å². The van der Waals surface area contributed by atoms with Crippen molar-refractivity contribution in [3.63, 3.8) is 0 Å². The van der Waals surface area contributed by atoms with Gasteiger partial charge in [-0.1, -0.05) is 47.8 Å². The topological polar surface area (TPSA) is 56.5 Å². The maximum atomic E-state index is 11.3. The van der Waals surface area contributed by atoms with Crippen LogP contribution in [-0.4, -0.2) is 24.7 Å². The summed E-state index contributed by atoms with van der Waals surface area (Å²) in [6.45, 7) is 2.03. The summed E-state index contributed by atoms with van der Waals surface area (Å²) >= 11 is 1.65. The Balaban J connectivity index is 1.73. The number of carbonyl (C=O) groups excluding carboxylic acids is 1. The normalized spacial score (nSPS) is 11.8. The Bertz CT molecular complexity index is 1080. The molecule has 2 aromatic carbocycles. The summed E-state index contributed by atoms with van der Waals surface area (Å²) in [5.74, 6) is -0.102. The zero-order valence-corrected chi connectivity index (χ0v) is 18.0. The smallest absolute Gasteiger partial charge is 0.262 e. The standard InChI is InChI=1S/C24H25N3O2S/c1-19(29)25-20-13-14-23-22(18-20)27(16-17-28)24(30-23)12-8-3-4-9-15-26(2)21-10-6-5-7-11-21/h3-15,18,28H,16-17H2,1-2H3/p+1. The van der Waals surface area contributed by atoms with E-state index >= 15 is 0 Å². The molecule has 0 saturated heterocycles. The Morgan fingerprint density at radius 3 is 2.63 bits per heavy atom. The highest BCUT2D eigenvalue weighted by Gasteiger charge is 2.18. The molecular formula is C24H26N3O2S+. The van der Waals surface area contributed by atoms with Crippen molar-refractivity contribution in [1.29, 1.82) is 0 Å². The number of hydrogen-bond donors (Lipinski definition) is 2. The largest absolute Gasteiger partial charge is 0.390 e. The number of benzene rings is 2. The van der Waals surface area contributed by atoms with E-state index in [9.17, 15) is 9.90 Å². The molecule has 0 radical (unpaired) electrons. The molecule has 30 heavy (non-hydrogen) atoms. The van der Waals surface area contributed by atoms with E-state index in [1.165, 1.54) is 6.92 Å². The average Bonchev–Trinajstić information content (AvgIpc) is 3.08. The van der Waals surface area contributed by atoms with Crippen LogP contribution >= 0.6 is 11.3 Å². The number of aliphatic hydroxyl groups is 1. The molecule has 1 aromatic heterocycles. The average molecular weight is 421 g/mol. The number of aliphatic hydroxyl groups excluding tert-OH is 1. The van der Waals surface area contributed by atoms with Crippen LogP contribution in [0.25, 0.3) is 16.3 Å². The van der Waals surface area contributed by atoms with Crippen LogP contribution < -0.4 is 14.8 Å². The van der Waals surface area contributed by atoms with Crippen molar-refractivity contribution in [2.45, 2.75) is 13.5 Å². The van der Waals surface area contributed by atoms with E-state index in [0.717, 1.165) is 26.6 Å². The molecule has 0 unspecified atom stereocenters. The summed E-state index contributed by atoms with van der Waals surface area (Å²) in [5, 5.41) is 13.3. The van der Waals surface area contributed by atoms with Gasteiger partial charge in [0.15, 0.2) is 6.54 Å². The van der Waals surface area contributed by atoms with Crippen LogP contribution in [-0.2, 0) is 11.3 Å². The molecule has 0 aliphatic carbocycles. The lowest BCUT2D eigenvalue weighted by molar-refractivity contribution is -0.670. The van der Waals surface area contributed by atoms with Gasteiger partial charge in [0.05, 0.1) is 0 Å². The molecule has 154 valence electrons. The maximum absolute atomic E-state index is 11.3. The van der Waals surface area contributed by atoms with E-state index in [1.54, 1.807) is 11.3 Å². The van der Waals surface area contributed by atoms with E-state index < -0.39 is 0 Å². The Hall–Kier alpha value is -3.22. The molecule has 0 fully saturated rings. The number of hydrogen-bond acceptors (Lipinski definition) is 4. The molecule has 1 heterocycles. The third kappa shape index (κ3) is 5.65. The monoisotopic (exact) mass is 420 g/mol. The number of nitrogens with one attached hydrogen (secondary N) is 1. The number of para-hydroxylation sites is 1. The highest BCUT2D eigenvalue weighted by atomic mass is 32.1. The van der Waals surface area contributed by atoms with Gasteiger partial charge in [0.1, 0.15) is 11.3 Å². The first-order chi connectivity index (χ1) is 14.6. The van der Waals surface area contributed by atoms with Crippen LogP contribution in [0.4, 0.5) is 11.4 Å². The number of allylic oxidation sites excluding steroid dienone is 4. The molecule has 5 nitrogen and oxygen atoms in total. The molecule has 0 aliphatic heterocycles. The SMILES string of the molecule is CC(=O)Nc1ccc2sc(C=CC=CC=CN(C)c3ccccc3)[n+](CCO)c2c1. The molecule has 0 aliphatic rings. The first-order valence-corrected chi connectivity index (χ1v) is 10.5. The van der Waals surface area contributed by atoms with Gasteiger partial charge in [0, 0.05) is 43.7 Å². The summed E-state index contributed by atoms with van der Waals surface area (Å²) in [4.78, 5) is 13.4. The number of fused-ring (bicyclic) bond motifs is 1. The van der Waals surface area contributed by atoms with Crippen molar-refractivity contribution in [1.82, 2.24) is 0 Å². The maximum Gasteiger partial charge on any atom is 0.262 e. The molecule has 6 heteroatoms. The quantitative estimate of drug-likeness (QED) is 0.421. The van der Waals surface area contributed by atoms with E-state index in [1.807, 2.05) is 80.0 Å². The number of rotatable bonds is 8. The highest BCUT2D eigenvalue weighted by Crippen LogP contribution is 2.24. The minimum absolute atomic E-state index is 0.0477. The van der Waals surface area contributed by atoms with Crippen LogP contribution in [0.5, 0.6) is 0 Å². The van der Waals surface area contributed by atoms with Gasteiger partial charge in [-0.15, -0.1) is 0 Å². The van der Waals surface area contributed by atoms with Crippen molar-refractivity contribution in [2.75, 3.05) is 23.9 Å². The first kappa shape index (κ1) is 21.5. The third-order valence-corrected chi connectivity index (χ3v) is 5.55. The van der Waals surface area contributed by atoms with Gasteiger partial charge in [0.2, 0.25) is 11.4 Å². The molecular weight excluding hydrogens is 394 g/mol. The Labute approximate surface area is 180 Å². The molecule has 0 bridgehead atoms. The lowest BCUT2D eigenvalue weighted by atomic mass is 10.3. The third-order valence-electron chi connectivity index (χ3n) is 4.42. The molecule has 3 aromatic rings. The Morgan fingerprint density at radius 1 is 1.13 bits per heavy atom. The van der Waals surface area contributed by atoms with Gasteiger partial charge in [-0.05, 0) is 30.3 Å². The summed E-state index contributed by atoms with van der Waals surface area (Å²) < 4.78 is 3.17. The van der Waals surface area contributed by atoms with Crippen LogP contribution in [0.3, 0.4) is 0 Å². The fourth-order valence-electron chi connectivity index (χ4n) is 3.03. The predicted octanol–water partition coefficient (Wildman–Crippen LogP) is 4.36. The second-order valence-corrected chi connectivity index (χ2v) is 7.77. The van der Waals surface area contributed by atoms with Crippen molar-refractivity contribution in [2.24, 2.45) is 0 Å². The Kier molecular flexibility index (Phi) is 7.54. The number of aromatic nitrogens is 1. The highest BCUT2D eigenvalue weighted by molar-refractivity contribution is 7.18. The first-order valence-electron chi connectivity index (χ1n) is 9.73. The number of anilines is 2. The van der Waals surface area contributed by atoms with Gasteiger partial charge in [0.25, 0.3) is 5.01 Å². The molecule has 0 saturated carbocycles. The minimum atomic E-state index is -0.102. The molecule has 3 rings (SSSR count). The van der Waals surface area contributed by atoms with E-state index in [4.69, 9.17) is 0 Å². The second-order valence-electron chi connectivity index (χ2n) is 6.71. The van der Waals surface area contributed by atoms with E-state index in [0.29, 0.717) is 6.54 Å². The second kappa shape index (κ2) is 10.5. The van der Waals surface area contributed by atoms with E-state index in [-0.39, 0.29) is 12.5 Å². The van der Waals surface area contributed by atoms with Crippen molar-refractivity contribution < 1.29 is 14.5 Å². The van der Waals surface area contributed by atoms with Crippen LogP contribution in [0.15, 0.2) is 79.0 Å². The lowest BCUT2D eigenvalue weighted by Gasteiger charge is -2.12. The Morgan fingerprint density at radius 2 is 1.90 bits per heavy atom. The van der Waals surface area contributed by atoms with Crippen molar-refractivity contribution in [3.05, 3.63) is 84.0 Å².